The van der Waals surface area contributed by atoms with Crippen molar-refractivity contribution in [1.82, 2.24) is 4.90 Å². The van der Waals surface area contributed by atoms with E-state index in [1.807, 2.05) is 13.0 Å². The van der Waals surface area contributed by atoms with Crippen LogP contribution < -0.4 is 5.73 Å². The molecule has 2 rings (SSSR count). The maximum atomic E-state index is 13.1. The van der Waals surface area contributed by atoms with Crippen LogP contribution in [0, 0.1) is 18.7 Å². The Labute approximate surface area is 103 Å². The van der Waals surface area contributed by atoms with Crippen molar-refractivity contribution in [2.75, 3.05) is 20.1 Å². The molecule has 1 saturated carbocycles. The van der Waals surface area contributed by atoms with E-state index < -0.39 is 0 Å². The highest BCUT2D eigenvalue weighted by Gasteiger charge is 2.26. The van der Waals surface area contributed by atoms with Crippen LogP contribution >= 0.6 is 0 Å². The number of halogens is 1. The summed E-state index contributed by atoms with van der Waals surface area (Å²) in [5.74, 6) is 0.668. The minimum Gasteiger partial charge on any atom is -0.329 e. The van der Waals surface area contributed by atoms with Crippen molar-refractivity contribution in [1.29, 1.82) is 0 Å². The van der Waals surface area contributed by atoms with E-state index in [0.717, 1.165) is 23.6 Å². The van der Waals surface area contributed by atoms with Crippen LogP contribution in [0.25, 0.3) is 0 Å². The molecule has 17 heavy (non-hydrogen) atoms. The molecule has 1 aliphatic carbocycles. The fourth-order valence-corrected chi connectivity index (χ4v) is 2.39. The molecule has 1 aliphatic rings. The molecule has 1 atom stereocenters. The third-order valence-electron chi connectivity index (χ3n) is 3.59. The van der Waals surface area contributed by atoms with E-state index in [-0.39, 0.29) is 11.9 Å². The van der Waals surface area contributed by atoms with Gasteiger partial charge in [-0.2, -0.15) is 0 Å². The van der Waals surface area contributed by atoms with E-state index in [1.165, 1.54) is 18.9 Å². The van der Waals surface area contributed by atoms with E-state index in [9.17, 15) is 4.39 Å². The van der Waals surface area contributed by atoms with Crippen molar-refractivity contribution in [3.63, 3.8) is 0 Å². The molecule has 0 bridgehead atoms. The smallest absolute Gasteiger partial charge is 0.123 e. The van der Waals surface area contributed by atoms with E-state index in [1.54, 1.807) is 6.07 Å². The van der Waals surface area contributed by atoms with Gasteiger partial charge in [0.1, 0.15) is 5.82 Å². The molecule has 0 amide bonds. The number of likely N-dealkylation sites (N-methyl/N-ethyl adjacent to an activating group) is 1. The fourth-order valence-electron chi connectivity index (χ4n) is 2.39. The second-order valence-corrected chi connectivity index (χ2v) is 5.14. The summed E-state index contributed by atoms with van der Waals surface area (Å²) < 4.78 is 13.1. The quantitative estimate of drug-likeness (QED) is 0.851. The van der Waals surface area contributed by atoms with Crippen molar-refractivity contribution in [3.8, 4) is 0 Å². The van der Waals surface area contributed by atoms with Gasteiger partial charge >= 0.3 is 0 Å². The van der Waals surface area contributed by atoms with Gasteiger partial charge < -0.3 is 5.73 Å². The summed E-state index contributed by atoms with van der Waals surface area (Å²) in [6.45, 7) is 3.63. The SMILES string of the molecule is Cc1cc(F)ccc1C(CN)N(C)CC1CC1. The lowest BCUT2D eigenvalue weighted by molar-refractivity contribution is 0.239. The average Bonchev–Trinajstić information content (AvgIpc) is 3.06. The number of aryl methyl sites for hydroxylation is 1. The van der Waals surface area contributed by atoms with Gasteiger partial charge in [-0.05, 0) is 56.0 Å². The number of hydrogen-bond acceptors (Lipinski definition) is 2. The Bertz CT molecular complexity index is 388. The first kappa shape index (κ1) is 12.5. The fraction of sp³-hybridized carbons (Fsp3) is 0.571. The Morgan fingerprint density at radius 1 is 1.47 bits per heavy atom. The van der Waals surface area contributed by atoms with Crippen LogP contribution in [-0.2, 0) is 0 Å². The first-order valence-electron chi connectivity index (χ1n) is 6.28. The van der Waals surface area contributed by atoms with E-state index in [4.69, 9.17) is 5.73 Å². The second kappa shape index (κ2) is 5.15. The molecule has 0 aliphatic heterocycles. The molecule has 0 saturated heterocycles. The minimum absolute atomic E-state index is 0.174. The highest BCUT2D eigenvalue weighted by molar-refractivity contribution is 5.29. The molecule has 1 fully saturated rings. The van der Waals surface area contributed by atoms with Gasteiger partial charge in [0.25, 0.3) is 0 Å². The van der Waals surface area contributed by atoms with Gasteiger partial charge in [-0.3, -0.25) is 4.90 Å². The van der Waals surface area contributed by atoms with Crippen LogP contribution in [0.4, 0.5) is 4.39 Å². The zero-order valence-corrected chi connectivity index (χ0v) is 10.6. The van der Waals surface area contributed by atoms with Crippen LogP contribution in [0.5, 0.6) is 0 Å². The standard InChI is InChI=1S/C14H21FN2/c1-10-7-12(15)5-6-13(10)14(8-16)17(2)9-11-3-4-11/h5-7,11,14H,3-4,8-9,16H2,1-2H3. The van der Waals surface area contributed by atoms with Crippen LogP contribution in [0.15, 0.2) is 18.2 Å². The summed E-state index contributed by atoms with van der Waals surface area (Å²) >= 11 is 0. The first-order valence-corrected chi connectivity index (χ1v) is 6.28. The van der Waals surface area contributed by atoms with Crippen molar-refractivity contribution >= 4 is 0 Å². The largest absolute Gasteiger partial charge is 0.329 e. The topological polar surface area (TPSA) is 29.3 Å². The zero-order valence-electron chi connectivity index (χ0n) is 10.6. The lowest BCUT2D eigenvalue weighted by Gasteiger charge is -2.28. The lowest BCUT2D eigenvalue weighted by Crippen LogP contribution is -2.32. The maximum Gasteiger partial charge on any atom is 0.123 e. The Morgan fingerprint density at radius 2 is 2.18 bits per heavy atom. The molecule has 2 nitrogen and oxygen atoms in total. The Kier molecular flexibility index (Phi) is 3.79. The van der Waals surface area contributed by atoms with Gasteiger partial charge in [-0.1, -0.05) is 6.07 Å². The molecule has 1 aromatic rings. The molecule has 2 N–H and O–H groups in total. The molecular weight excluding hydrogens is 215 g/mol. The maximum absolute atomic E-state index is 13.1. The lowest BCUT2D eigenvalue weighted by atomic mass is 10.00. The molecule has 3 heteroatoms. The highest BCUT2D eigenvalue weighted by atomic mass is 19.1. The zero-order chi connectivity index (χ0) is 12.4. The Balaban J connectivity index is 2.14. The minimum atomic E-state index is -0.174. The van der Waals surface area contributed by atoms with Gasteiger partial charge in [0.05, 0.1) is 0 Å². The van der Waals surface area contributed by atoms with Gasteiger partial charge in [0.15, 0.2) is 0 Å². The molecule has 0 heterocycles. The van der Waals surface area contributed by atoms with Gasteiger partial charge in [0, 0.05) is 19.1 Å². The van der Waals surface area contributed by atoms with Gasteiger partial charge in [-0.15, -0.1) is 0 Å². The predicted octanol–water partition coefficient (Wildman–Crippen LogP) is 2.48. The molecule has 0 spiro atoms. The van der Waals surface area contributed by atoms with Crippen molar-refractivity contribution in [3.05, 3.63) is 35.1 Å². The van der Waals surface area contributed by atoms with Crippen LogP contribution in [-0.4, -0.2) is 25.0 Å². The number of hydrogen-bond donors (Lipinski definition) is 1. The van der Waals surface area contributed by atoms with Crippen molar-refractivity contribution < 1.29 is 4.39 Å². The van der Waals surface area contributed by atoms with E-state index in [0.29, 0.717) is 6.54 Å². The Morgan fingerprint density at radius 3 is 2.71 bits per heavy atom. The number of benzene rings is 1. The third kappa shape index (κ3) is 3.05. The molecule has 1 unspecified atom stereocenters. The number of nitrogens with two attached hydrogens (primary N) is 1. The van der Waals surface area contributed by atoms with Crippen molar-refractivity contribution in [2.45, 2.75) is 25.8 Å². The molecule has 0 aromatic heterocycles. The van der Waals surface area contributed by atoms with Crippen LogP contribution in [0.1, 0.15) is 30.0 Å². The molecular formula is C14H21FN2. The monoisotopic (exact) mass is 236 g/mol. The first-order chi connectivity index (χ1) is 8.11. The summed E-state index contributed by atoms with van der Waals surface area (Å²) in [5.41, 5.74) is 8.01. The molecule has 1 aromatic carbocycles. The van der Waals surface area contributed by atoms with Gasteiger partial charge in [-0.25, -0.2) is 4.39 Å². The van der Waals surface area contributed by atoms with Crippen LogP contribution in [0.3, 0.4) is 0 Å². The summed E-state index contributed by atoms with van der Waals surface area (Å²) in [7, 11) is 2.11. The summed E-state index contributed by atoms with van der Waals surface area (Å²) in [4.78, 5) is 2.30. The van der Waals surface area contributed by atoms with Crippen LogP contribution in [0.2, 0.25) is 0 Å². The summed E-state index contributed by atoms with van der Waals surface area (Å²) in [6, 6.07) is 5.18. The number of nitrogens with zero attached hydrogens (tertiary/aromatic N) is 1. The normalized spacial score (nSPS) is 17.5. The third-order valence-corrected chi connectivity index (χ3v) is 3.59. The van der Waals surface area contributed by atoms with Crippen molar-refractivity contribution in [2.24, 2.45) is 11.7 Å². The highest BCUT2D eigenvalue weighted by Crippen LogP contribution is 2.32. The number of rotatable bonds is 5. The second-order valence-electron chi connectivity index (χ2n) is 5.14. The summed E-state index contributed by atoms with van der Waals surface area (Å²) in [5, 5.41) is 0. The van der Waals surface area contributed by atoms with E-state index in [2.05, 4.69) is 11.9 Å². The molecule has 0 radical (unpaired) electrons. The van der Waals surface area contributed by atoms with Gasteiger partial charge in [0.2, 0.25) is 0 Å². The Hall–Kier alpha value is -0.930. The summed E-state index contributed by atoms with van der Waals surface area (Å²) in [6.07, 6.45) is 2.67. The predicted molar refractivity (Wildman–Crippen MR) is 68.3 cm³/mol. The molecule has 94 valence electrons. The average molecular weight is 236 g/mol. The van der Waals surface area contributed by atoms with E-state index >= 15 is 0 Å².